The second-order valence-electron chi connectivity index (χ2n) is 4.69. The average molecular weight is 329 g/mol. The van der Waals surface area contributed by atoms with Gasteiger partial charge in [-0.25, -0.2) is 8.42 Å². The number of nitrogens with one attached hydrogen (secondary N) is 1. The summed E-state index contributed by atoms with van der Waals surface area (Å²) in [6.45, 7) is 0.802. The zero-order valence-electron chi connectivity index (χ0n) is 11.8. The Kier molecular flexibility index (Phi) is 5.05. The summed E-state index contributed by atoms with van der Waals surface area (Å²) >= 11 is 6.06. The number of hydrogen-bond acceptors (Lipinski definition) is 4. The topological polar surface area (TPSA) is 62.6 Å². The van der Waals surface area contributed by atoms with E-state index in [9.17, 15) is 8.42 Å². The molecule has 0 bridgehead atoms. The number of benzene rings is 1. The van der Waals surface area contributed by atoms with Gasteiger partial charge in [0.1, 0.15) is 4.90 Å². The molecule has 0 aliphatic heterocycles. The van der Waals surface area contributed by atoms with Gasteiger partial charge in [-0.2, -0.15) is 4.31 Å². The molecule has 0 aliphatic carbocycles. The quantitative estimate of drug-likeness (QED) is 0.885. The van der Waals surface area contributed by atoms with Crippen molar-refractivity contribution < 1.29 is 12.8 Å². The molecule has 1 heterocycles. The van der Waals surface area contributed by atoms with Crippen LogP contribution in [-0.4, -0.2) is 26.8 Å². The van der Waals surface area contributed by atoms with Gasteiger partial charge < -0.3 is 9.73 Å². The first kappa shape index (κ1) is 16.0. The predicted octanol–water partition coefficient (Wildman–Crippen LogP) is 2.47. The van der Waals surface area contributed by atoms with E-state index in [2.05, 4.69) is 5.32 Å². The van der Waals surface area contributed by atoms with E-state index in [1.54, 1.807) is 31.3 Å². The molecule has 0 saturated carbocycles. The minimum Gasteiger partial charge on any atom is -0.472 e. The monoisotopic (exact) mass is 328 g/mol. The minimum atomic E-state index is -3.65. The van der Waals surface area contributed by atoms with Gasteiger partial charge in [0.25, 0.3) is 0 Å². The molecule has 1 N–H and O–H groups in total. The van der Waals surface area contributed by atoms with Crippen molar-refractivity contribution in [3.8, 4) is 0 Å². The van der Waals surface area contributed by atoms with Gasteiger partial charge in [0.15, 0.2) is 0 Å². The largest absolute Gasteiger partial charge is 0.472 e. The Balaban J connectivity index is 2.31. The van der Waals surface area contributed by atoms with Crippen molar-refractivity contribution in [1.29, 1.82) is 0 Å². The van der Waals surface area contributed by atoms with Gasteiger partial charge in [-0.1, -0.05) is 17.7 Å². The zero-order chi connectivity index (χ0) is 15.5. The summed E-state index contributed by atoms with van der Waals surface area (Å²) in [6, 6.07) is 6.73. The maximum atomic E-state index is 12.6. The molecule has 0 radical (unpaired) electrons. The highest BCUT2D eigenvalue weighted by atomic mass is 35.5. The van der Waals surface area contributed by atoms with Gasteiger partial charge in [-0.3, -0.25) is 0 Å². The molecule has 0 atom stereocenters. The summed E-state index contributed by atoms with van der Waals surface area (Å²) in [5.41, 5.74) is 1.64. The van der Waals surface area contributed by atoms with Gasteiger partial charge in [0.2, 0.25) is 10.0 Å². The van der Waals surface area contributed by atoms with Crippen molar-refractivity contribution in [3.05, 3.63) is 52.9 Å². The first-order valence-corrected chi connectivity index (χ1v) is 8.17. The van der Waals surface area contributed by atoms with Gasteiger partial charge in [0.05, 0.1) is 17.5 Å². The Bertz CT molecular complexity index is 699. The molecule has 0 aliphatic rings. The van der Waals surface area contributed by atoms with Crippen molar-refractivity contribution in [2.24, 2.45) is 0 Å². The number of hydrogen-bond donors (Lipinski definition) is 1. The normalized spacial score (nSPS) is 12.0. The predicted molar refractivity (Wildman–Crippen MR) is 81.6 cm³/mol. The molecule has 1 aromatic carbocycles. The highest BCUT2D eigenvalue weighted by Gasteiger charge is 2.24. The summed E-state index contributed by atoms with van der Waals surface area (Å²) < 4.78 is 31.5. The molecule has 5 nitrogen and oxygen atoms in total. The lowest BCUT2D eigenvalue weighted by atomic mass is 10.2. The number of halogens is 1. The van der Waals surface area contributed by atoms with E-state index in [1.807, 2.05) is 0 Å². The third kappa shape index (κ3) is 3.65. The van der Waals surface area contributed by atoms with E-state index in [0.717, 1.165) is 11.1 Å². The van der Waals surface area contributed by atoms with Gasteiger partial charge in [0, 0.05) is 25.7 Å². The van der Waals surface area contributed by atoms with Crippen LogP contribution in [-0.2, 0) is 23.1 Å². The third-order valence-electron chi connectivity index (χ3n) is 3.05. The Morgan fingerprint density at radius 1 is 1.29 bits per heavy atom. The molecule has 0 saturated heterocycles. The fourth-order valence-electron chi connectivity index (χ4n) is 1.95. The SMILES string of the molecule is CNCc1ccc(Cl)c(S(=O)(=O)N(C)Cc2ccoc2)c1. The molecule has 0 amide bonds. The number of furan rings is 1. The van der Waals surface area contributed by atoms with E-state index in [4.69, 9.17) is 16.0 Å². The van der Waals surface area contributed by atoms with Crippen LogP contribution >= 0.6 is 11.6 Å². The zero-order valence-corrected chi connectivity index (χ0v) is 13.4. The van der Waals surface area contributed by atoms with E-state index < -0.39 is 10.0 Å². The van der Waals surface area contributed by atoms with E-state index >= 15 is 0 Å². The molecule has 21 heavy (non-hydrogen) atoms. The summed E-state index contributed by atoms with van der Waals surface area (Å²) in [6.07, 6.45) is 3.03. The fourth-order valence-corrected chi connectivity index (χ4v) is 3.63. The molecular weight excluding hydrogens is 312 g/mol. The van der Waals surface area contributed by atoms with Crippen LogP contribution in [0.4, 0.5) is 0 Å². The maximum absolute atomic E-state index is 12.6. The minimum absolute atomic E-state index is 0.114. The van der Waals surface area contributed by atoms with Crippen molar-refractivity contribution in [2.75, 3.05) is 14.1 Å². The van der Waals surface area contributed by atoms with E-state index in [1.165, 1.54) is 23.9 Å². The summed E-state index contributed by atoms with van der Waals surface area (Å²) in [5, 5.41) is 3.20. The van der Waals surface area contributed by atoms with Crippen LogP contribution in [0, 0.1) is 0 Å². The second-order valence-corrected chi connectivity index (χ2v) is 7.11. The van der Waals surface area contributed by atoms with Crippen LogP contribution < -0.4 is 5.32 Å². The average Bonchev–Trinajstić information content (AvgIpc) is 2.94. The lowest BCUT2D eigenvalue weighted by Crippen LogP contribution is -2.26. The van der Waals surface area contributed by atoms with Crippen LogP contribution in [0.2, 0.25) is 5.02 Å². The van der Waals surface area contributed by atoms with Gasteiger partial charge in [-0.05, 0) is 30.8 Å². The molecule has 0 unspecified atom stereocenters. The maximum Gasteiger partial charge on any atom is 0.244 e. The van der Waals surface area contributed by atoms with E-state index in [0.29, 0.717) is 6.54 Å². The Morgan fingerprint density at radius 3 is 2.67 bits per heavy atom. The molecular formula is C14H17ClN2O3S. The first-order chi connectivity index (χ1) is 9.95. The Morgan fingerprint density at radius 2 is 2.05 bits per heavy atom. The standard InChI is InChI=1S/C14H17ClN2O3S/c1-16-8-11-3-4-13(15)14(7-11)21(18,19)17(2)9-12-5-6-20-10-12/h3-7,10,16H,8-9H2,1-2H3. The lowest BCUT2D eigenvalue weighted by molar-refractivity contribution is 0.463. The Labute approximate surface area is 129 Å². The molecule has 7 heteroatoms. The van der Waals surface area contributed by atoms with Crippen molar-refractivity contribution in [2.45, 2.75) is 18.0 Å². The van der Waals surface area contributed by atoms with Crippen LogP contribution in [0.15, 0.2) is 46.1 Å². The first-order valence-electron chi connectivity index (χ1n) is 6.35. The van der Waals surface area contributed by atoms with Crippen LogP contribution in [0.3, 0.4) is 0 Å². The van der Waals surface area contributed by atoms with Crippen LogP contribution in [0.25, 0.3) is 0 Å². The van der Waals surface area contributed by atoms with Crippen molar-refractivity contribution >= 4 is 21.6 Å². The van der Waals surface area contributed by atoms with Crippen LogP contribution in [0.1, 0.15) is 11.1 Å². The fraction of sp³-hybridized carbons (Fsp3) is 0.286. The highest BCUT2D eigenvalue weighted by Crippen LogP contribution is 2.26. The van der Waals surface area contributed by atoms with Crippen LogP contribution in [0.5, 0.6) is 0 Å². The molecule has 114 valence electrons. The second kappa shape index (κ2) is 6.62. The summed E-state index contributed by atoms with van der Waals surface area (Å²) in [4.78, 5) is 0.114. The molecule has 2 rings (SSSR count). The number of sulfonamides is 1. The molecule has 2 aromatic rings. The Hall–Kier alpha value is -1.34. The summed E-state index contributed by atoms with van der Waals surface area (Å²) in [5.74, 6) is 0. The van der Waals surface area contributed by atoms with Crippen molar-refractivity contribution in [3.63, 3.8) is 0 Å². The lowest BCUT2D eigenvalue weighted by Gasteiger charge is -2.18. The molecule has 1 aromatic heterocycles. The summed E-state index contributed by atoms with van der Waals surface area (Å²) in [7, 11) is -0.338. The van der Waals surface area contributed by atoms with Gasteiger partial charge >= 0.3 is 0 Å². The molecule has 0 fully saturated rings. The molecule has 0 spiro atoms. The third-order valence-corrected chi connectivity index (χ3v) is 5.34. The highest BCUT2D eigenvalue weighted by molar-refractivity contribution is 7.89. The smallest absolute Gasteiger partial charge is 0.244 e. The number of nitrogens with zero attached hydrogens (tertiary/aromatic N) is 1. The number of rotatable bonds is 6. The van der Waals surface area contributed by atoms with E-state index in [-0.39, 0.29) is 16.5 Å². The van der Waals surface area contributed by atoms with Crippen molar-refractivity contribution in [1.82, 2.24) is 9.62 Å². The van der Waals surface area contributed by atoms with Gasteiger partial charge in [-0.15, -0.1) is 0 Å².